The van der Waals surface area contributed by atoms with E-state index in [-0.39, 0.29) is 12.0 Å². The van der Waals surface area contributed by atoms with Crippen LogP contribution in [0, 0.1) is 0 Å². The molecule has 122 valence electrons. The van der Waals surface area contributed by atoms with Crippen LogP contribution in [0.5, 0.6) is 5.75 Å². The molecule has 1 aromatic rings. The van der Waals surface area contributed by atoms with E-state index in [1.54, 1.807) is 7.11 Å². The first-order valence-corrected chi connectivity index (χ1v) is 8.00. The van der Waals surface area contributed by atoms with E-state index in [1.807, 2.05) is 18.2 Å². The van der Waals surface area contributed by atoms with Crippen LogP contribution in [0.3, 0.4) is 0 Å². The molecule has 1 unspecified atom stereocenters. The van der Waals surface area contributed by atoms with Crippen molar-refractivity contribution in [2.24, 2.45) is 4.99 Å². The average Bonchev–Trinajstić information content (AvgIpc) is 2.97. The Morgan fingerprint density at radius 1 is 1.50 bits per heavy atom. The van der Waals surface area contributed by atoms with Crippen molar-refractivity contribution in [3.05, 3.63) is 29.8 Å². The molecule has 0 radical (unpaired) electrons. The van der Waals surface area contributed by atoms with Crippen molar-refractivity contribution >= 4 is 5.96 Å². The number of nitrogens with one attached hydrogen (secondary N) is 1. The number of guanidine groups is 1. The Morgan fingerprint density at radius 2 is 2.27 bits per heavy atom. The molecule has 1 saturated heterocycles. The topological polar surface area (TPSA) is 57.1 Å². The summed E-state index contributed by atoms with van der Waals surface area (Å²) in [7, 11) is 1.70. The smallest absolute Gasteiger partial charge is 0.194 e. The Bertz CT molecular complexity index is 504. The van der Waals surface area contributed by atoms with Crippen molar-refractivity contribution < 1.29 is 9.84 Å². The molecule has 0 aliphatic carbocycles. The normalized spacial score (nSPS) is 20.1. The van der Waals surface area contributed by atoms with Gasteiger partial charge in [-0.05, 0) is 25.0 Å². The van der Waals surface area contributed by atoms with Gasteiger partial charge in [0, 0.05) is 32.1 Å². The highest BCUT2D eigenvalue weighted by molar-refractivity contribution is 5.80. The maximum Gasteiger partial charge on any atom is 0.194 e. The van der Waals surface area contributed by atoms with Gasteiger partial charge in [-0.3, -0.25) is 4.99 Å². The number of aliphatic imine (C=N–C) groups is 1. The van der Waals surface area contributed by atoms with Crippen molar-refractivity contribution in [2.75, 3.05) is 33.3 Å². The number of β-amino-alcohol motifs (C(OH)–C–C–N with tert-alkyl or cyclic N) is 1. The number of nitrogens with zero attached hydrogens (tertiary/aromatic N) is 2. The standard InChI is InChI=1S/C17H27N3O2/c1-4-18-17(20-10-9-14(21)12-20)19-11-13(2)15-7-5-6-8-16(15)22-3/h5-8,13-14,21H,4,9-12H2,1-3H3,(H,18,19)/t13?,14-/m1/s1. The molecule has 5 nitrogen and oxygen atoms in total. The fourth-order valence-corrected chi connectivity index (χ4v) is 2.76. The van der Waals surface area contributed by atoms with Crippen molar-refractivity contribution in [3.8, 4) is 5.75 Å². The quantitative estimate of drug-likeness (QED) is 0.644. The predicted octanol–water partition coefficient (Wildman–Crippen LogP) is 1.83. The van der Waals surface area contributed by atoms with Crippen molar-refractivity contribution in [1.29, 1.82) is 0 Å². The fourth-order valence-electron chi connectivity index (χ4n) is 2.76. The third-order valence-electron chi connectivity index (χ3n) is 3.98. The first kappa shape index (κ1) is 16.6. The largest absolute Gasteiger partial charge is 0.496 e. The third kappa shape index (κ3) is 4.13. The summed E-state index contributed by atoms with van der Waals surface area (Å²) in [5.74, 6) is 2.07. The molecule has 1 heterocycles. The molecule has 5 heteroatoms. The van der Waals surface area contributed by atoms with Gasteiger partial charge in [0.25, 0.3) is 0 Å². The number of likely N-dealkylation sites (tertiary alicyclic amines) is 1. The molecule has 2 rings (SSSR count). The van der Waals surface area contributed by atoms with E-state index in [1.165, 1.54) is 5.56 Å². The predicted molar refractivity (Wildman–Crippen MR) is 89.6 cm³/mol. The molecule has 1 aliphatic heterocycles. The van der Waals surface area contributed by atoms with Crippen molar-refractivity contribution in [2.45, 2.75) is 32.3 Å². The average molecular weight is 305 g/mol. The minimum Gasteiger partial charge on any atom is -0.496 e. The highest BCUT2D eigenvalue weighted by Crippen LogP contribution is 2.26. The Labute approximate surface area is 133 Å². The molecule has 2 atom stereocenters. The van der Waals surface area contributed by atoms with Crippen LogP contribution >= 0.6 is 0 Å². The summed E-state index contributed by atoms with van der Waals surface area (Å²) < 4.78 is 5.43. The van der Waals surface area contributed by atoms with E-state index in [4.69, 9.17) is 9.73 Å². The first-order valence-electron chi connectivity index (χ1n) is 8.00. The first-order chi connectivity index (χ1) is 10.7. The summed E-state index contributed by atoms with van der Waals surface area (Å²) >= 11 is 0. The lowest BCUT2D eigenvalue weighted by molar-refractivity contribution is 0.188. The summed E-state index contributed by atoms with van der Waals surface area (Å²) in [5.41, 5.74) is 1.17. The molecule has 2 N–H and O–H groups in total. The number of benzene rings is 1. The molecule has 0 aromatic heterocycles. The van der Waals surface area contributed by atoms with E-state index in [0.29, 0.717) is 13.1 Å². The van der Waals surface area contributed by atoms with Gasteiger partial charge in [-0.2, -0.15) is 0 Å². The van der Waals surface area contributed by atoms with E-state index in [2.05, 4.69) is 30.1 Å². The van der Waals surface area contributed by atoms with Crippen LogP contribution in [-0.2, 0) is 0 Å². The zero-order valence-electron chi connectivity index (χ0n) is 13.7. The second-order valence-electron chi connectivity index (χ2n) is 5.73. The summed E-state index contributed by atoms with van der Waals surface area (Å²) in [5, 5.41) is 13.0. The van der Waals surface area contributed by atoms with Crippen LogP contribution in [0.1, 0.15) is 31.7 Å². The maximum absolute atomic E-state index is 9.70. The number of aliphatic hydroxyl groups is 1. The minimum atomic E-state index is -0.240. The second kappa shape index (κ2) is 8.03. The Hall–Kier alpha value is -1.75. The Balaban J connectivity index is 2.06. The molecular weight excluding hydrogens is 278 g/mol. The molecule has 1 aliphatic rings. The van der Waals surface area contributed by atoms with Gasteiger partial charge in [0.2, 0.25) is 0 Å². The molecule has 0 spiro atoms. The van der Waals surface area contributed by atoms with Gasteiger partial charge < -0.3 is 20.1 Å². The van der Waals surface area contributed by atoms with Crippen LogP contribution in [0.15, 0.2) is 29.3 Å². The number of hydrogen-bond acceptors (Lipinski definition) is 3. The number of ether oxygens (including phenoxy) is 1. The summed E-state index contributed by atoms with van der Waals surface area (Å²) in [4.78, 5) is 6.87. The van der Waals surface area contributed by atoms with Gasteiger partial charge in [-0.15, -0.1) is 0 Å². The summed E-state index contributed by atoms with van der Waals surface area (Å²) in [6.45, 7) is 7.25. The SMILES string of the molecule is CCNC(=NCC(C)c1ccccc1OC)N1CC[C@@H](O)C1. The van der Waals surface area contributed by atoms with Crippen LogP contribution in [0.25, 0.3) is 0 Å². The summed E-state index contributed by atoms with van der Waals surface area (Å²) in [6, 6.07) is 8.08. The summed E-state index contributed by atoms with van der Waals surface area (Å²) in [6.07, 6.45) is 0.572. The molecule has 22 heavy (non-hydrogen) atoms. The van der Waals surface area contributed by atoms with Crippen LogP contribution in [0.2, 0.25) is 0 Å². The highest BCUT2D eigenvalue weighted by Gasteiger charge is 2.23. The van der Waals surface area contributed by atoms with Gasteiger partial charge in [0.1, 0.15) is 5.75 Å². The molecule has 0 bridgehead atoms. The van der Waals surface area contributed by atoms with Crippen LogP contribution in [0.4, 0.5) is 0 Å². The molecule has 0 saturated carbocycles. The molecule has 1 fully saturated rings. The minimum absolute atomic E-state index is 0.240. The van der Waals surface area contributed by atoms with Gasteiger partial charge >= 0.3 is 0 Å². The molecule has 0 amide bonds. The number of rotatable bonds is 5. The van der Waals surface area contributed by atoms with Gasteiger partial charge in [-0.25, -0.2) is 0 Å². The second-order valence-corrected chi connectivity index (χ2v) is 5.73. The maximum atomic E-state index is 9.70. The van der Waals surface area contributed by atoms with Crippen LogP contribution < -0.4 is 10.1 Å². The zero-order valence-corrected chi connectivity index (χ0v) is 13.7. The number of para-hydroxylation sites is 1. The van der Waals surface area contributed by atoms with E-state index < -0.39 is 0 Å². The lowest BCUT2D eigenvalue weighted by Crippen LogP contribution is -2.40. The fraction of sp³-hybridized carbons (Fsp3) is 0.588. The number of aliphatic hydroxyl groups excluding tert-OH is 1. The lowest BCUT2D eigenvalue weighted by atomic mass is 10.0. The van der Waals surface area contributed by atoms with Crippen LogP contribution in [-0.4, -0.2) is 55.4 Å². The van der Waals surface area contributed by atoms with E-state index in [0.717, 1.165) is 31.2 Å². The monoisotopic (exact) mass is 305 g/mol. The zero-order chi connectivity index (χ0) is 15.9. The number of hydrogen-bond donors (Lipinski definition) is 2. The van der Waals surface area contributed by atoms with Crippen molar-refractivity contribution in [3.63, 3.8) is 0 Å². The lowest BCUT2D eigenvalue weighted by Gasteiger charge is -2.22. The van der Waals surface area contributed by atoms with Gasteiger partial charge in [-0.1, -0.05) is 25.1 Å². The molecular formula is C17H27N3O2. The van der Waals surface area contributed by atoms with E-state index >= 15 is 0 Å². The molecule has 1 aromatic carbocycles. The third-order valence-corrected chi connectivity index (χ3v) is 3.98. The van der Waals surface area contributed by atoms with E-state index in [9.17, 15) is 5.11 Å². The Morgan fingerprint density at radius 3 is 2.91 bits per heavy atom. The van der Waals surface area contributed by atoms with Gasteiger partial charge in [0.05, 0.1) is 13.2 Å². The highest BCUT2D eigenvalue weighted by atomic mass is 16.5. The Kier molecular flexibility index (Phi) is 6.07. The van der Waals surface area contributed by atoms with Gasteiger partial charge in [0.15, 0.2) is 5.96 Å². The number of methoxy groups -OCH3 is 1. The van der Waals surface area contributed by atoms with Crippen molar-refractivity contribution in [1.82, 2.24) is 10.2 Å².